The second-order valence-electron chi connectivity index (χ2n) is 4.14. The summed E-state index contributed by atoms with van der Waals surface area (Å²) >= 11 is 9.01. The number of rotatable bonds is 5. The molecule has 0 fully saturated rings. The Bertz CT molecular complexity index is 605. The zero-order valence-electron chi connectivity index (χ0n) is 10.6. The van der Waals surface area contributed by atoms with Crippen molar-refractivity contribution in [3.05, 3.63) is 63.5 Å². The summed E-state index contributed by atoms with van der Waals surface area (Å²) in [5, 5.41) is 3.52. The van der Waals surface area contributed by atoms with Crippen molar-refractivity contribution in [1.29, 1.82) is 0 Å². The van der Waals surface area contributed by atoms with Gasteiger partial charge in [-0.2, -0.15) is 0 Å². The van der Waals surface area contributed by atoms with Gasteiger partial charge in [0.05, 0.1) is 0 Å². The molecule has 0 saturated carbocycles. The van der Waals surface area contributed by atoms with Crippen LogP contribution in [0.3, 0.4) is 0 Å². The van der Waals surface area contributed by atoms with Crippen molar-refractivity contribution in [2.75, 3.05) is 6.54 Å². The highest BCUT2D eigenvalue weighted by Gasteiger charge is 1.98. The van der Waals surface area contributed by atoms with Crippen LogP contribution in [0.25, 0.3) is 6.08 Å². The predicted molar refractivity (Wildman–Crippen MR) is 83.6 cm³/mol. The van der Waals surface area contributed by atoms with Gasteiger partial charge in [-0.15, -0.1) is 0 Å². The van der Waals surface area contributed by atoms with Gasteiger partial charge in [0.25, 0.3) is 0 Å². The molecule has 0 radical (unpaired) electrons. The Balaban J connectivity index is 1.75. The second-order valence-corrected chi connectivity index (χ2v) is 5.36. The Morgan fingerprint density at radius 1 is 1.25 bits per heavy atom. The number of carbonyl (C=O) groups excluding carboxylic acids is 1. The van der Waals surface area contributed by atoms with Crippen molar-refractivity contribution in [1.82, 2.24) is 5.32 Å². The van der Waals surface area contributed by atoms with E-state index >= 15 is 0 Å². The zero-order valence-corrected chi connectivity index (χ0v) is 12.9. The third-order valence-electron chi connectivity index (χ3n) is 2.62. The zero-order chi connectivity index (χ0) is 14.4. The quantitative estimate of drug-likeness (QED) is 0.823. The van der Waals surface area contributed by atoms with Gasteiger partial charge < -0.3 is 9.73 Å². The number of amides is 1. The molecule has 1 aromatic heterocycles. The molecule has 0 bridgehead atoms. The molecule has 1 aromatic carbocycles. The van der Waals surface area contributed by atoms with Crippen molar-refractivity contribution in [2.24, 2.45) is 0 Å². The van der Waals surface area contributed by atoms with Gasteiger partial charge in [0, 0.05) is 17.6 Å². The highest BCUT2D eigenvalue weighted by atomic mass is 79.9. The molecule has 2 aromatic rings. The summed E-state index contributed by atoms with van der Waals surface area (Å²) in [6.45, 7) is 0.576. The van der Waals surface area contributed by atoms with Gasteiger partial charge in [-0.25, -0.2) is 0 Å². The molecule has 20 heavy (non-hydrogen) atoms. The Hall–Kier alpha value is -1.52. The lowest BCUT2D eigenvalue weighted by Gasteiger charge is -2.02. The normalized spacial score (nSPS) is 10.9. The van der Waals surface area contributed by atoms with E-state index in [1.807, 2.05) is 24.3 Å². The van der Waals surface area contributed by atoms with Gasteiger partial charge in [-0.3, -0.25) is 4.79 Å². The molecule has 1 N–H and O–H groups in total. The molecule has 0 saturated heterocycles. The average molecular weight is 355 g/mol. The van der Waals surface area contributed by atoms with Gasteiger partial charge in [0.1, 0.15) is 5.76 Å². The van der Waals surface area contributed by atoms with Crippen molar-refractivity contribution in [3.63, 3.8) is 0 Å². The first-order valence-electron chi connectivity index (χ1n) is 6.09. The second kappa shape index (κ2) is 7.31. The Morgan fingerprint density at radius 3 is 2.65 bits per heavy atom. The van der Waals surface area contributed by atoms with Gasteiger partial charge in [-0.1, -0.05) is 23.7 Å². The predicted octanol–water partition coefficient (Wildman–Crippen LogP) is 4.07. The summed E-state index contributed by atoms with van der Waals surface area (Å²) in [6.07, 6.45) is 3.85. The molecule has 0 atom stereocenters. The maximum atomic E-state index is 11.6. The van der Waals surface area contributed by atoms with E-state index in [0.29, 0.717) is 22.0 Å². The smallest absolute Gasteiger partial charge is 0.244 e. The standard InChI is InChI=1S/C15H13BrClNO2/c16-14-7-5-13(20-14)6-8-15(19)18-10-9-11-1-3-12(17)4-2-11/h1-8H,9-10H2,(H,18,19). The van der Waals surface area contributed by atoms with Crippen LogP contribution < -0.4 is 5.32 Å². The molecule has 1 heterocycles. The van der Waals surface area contributed by atoms with E-state index < -0.39 is 0 Å². The van der Waals surface area contributed by atoms with Crippen molar-refractivity contribution in [3.8, 4) is 0 Å². The first-order chi connectivity index (χ1) is 9.63. The van der Waals surface area contributed by atoms with Gasteiger partial charge in [-0.05, 0) is 58.3 Å². The molecular formula is C15H13BrClNO2. The molecule has 0 unspecified atom stereocenters. The fourth-order valence-electron chi connectivity index (χ4n) is 1.62. The van der Waals surface area contributed by atoms with Crippen molar-refractivity contribution < 1.29 is 9.21 Å². The maximum absolute atomic E-state index is 11.6. The molecule has 2 rings (SSSR count). The number of nitrogens with one attached hydrogen (secondary N) is 1. The number of hydrogen-bond acceptors (Lipinski definition) is 2. The van der Waals surface area contributed by atoms with Crippen LogP contribution in [-0.2, 0) is 11.2 Å². The monoisotopic (exact) mass is 353 g/mol. The Kier molecular flexibility index (Phi) is 5.44. The molecule has 5 heteroatoms. The van der Waals surface area contributed by atoms with Crippen LogP contribution in [0.2, 0.25) is 5.02 Å². The van der Waals surface area contributed by atoms with Crippen LogP contribution in [0, 0.1) is 0 Å². The number of halogens is 2. The molecule has 0 spiro atoms. The topological polar surface area (TPSA) is 42.2 Å². The van der Waals surface area contributed by atoms with Crippen molar-refractivity contribution in [2.45, 2.75) is 6.42 Å². The van der Waals surface area contributed by atoms with Crippen LogP contribution in [0.1, 0.15) is 11.3 Å². The van der Waals surface area contributed by atoms with Crippen LogP contribution in [-0.4, -0.2) is 12.5 Å². The lowest BCUT2D eigenvalue weighted by Crippen LogP contribution is -2.23. The number of hydrogen-bond donors (Lipinski definition) is 1. The van der Waals surface area contributed by atoms with E-state index in [-0.39, 0.29) is 5.91 Å². The minimum atomic E-state index is -0.147. The molecule has 1 amide bonds. The molecular weight excluding hydrogens is 342 g/mol. The highest BCUT2D eigenvalue weighted by molar-refractivity contribution is 9.10. The minimum Gasteiger partial charge on any atom is -0.450 e. The summed E-state index contributed by atoms with van der Waals surface area (Å²) in [5.41, 5.74) is 1.13. The number of furan rings is 1. The van der Waals surface area contributed by atoms with Crippen LogP contribution >= 0.6 is 27.5 Å². The summed E-state index contributed by atoms with van der Waals surface area (Å²) in [5.74, 6) is 0.483. The molecule has 3 nitrogen and oxygen atoms in total. The average Bonchev–Trinajstić information content (AvgIpc) is 2.85. The number of carbonyl (C=O) groups is 1. The summed E-state index contributed by atoms with van der Waals surface area (Å²) < 4.78 is 5.90. The molecule has 0 aliphatic heterocycles. The minimum absolute atomic E-state index is 0.147. The third-order valence-corrected chi connectivity index (χ3v) is 3.30. The number of benzene rings is 1. The van der Waals surface area contributed by atoms with E-state index in [1.54, 1.807) is 18.2 Å². The molecule has 0 aliphatic carbocycles. The van der Waals surface area contributed by atoms with Gasteiger partial charge >= 0.3 is 0 Å². The maximum Gasteiger partial charge on any atom is 0.244 e. The highest BCUT2D eigenvalue weighted by Crippen LogP contribution is 2.14. The van der Waals surface area contributed by atoms with Crippen LogP contribution in [0.4, 0.5) is 0 Å². The van der Waals surface area contributed by atoms with E-state index in [4.69, 9.17) is 16.0 Å². The first-order valence-corrected chi connectivity index (χ1v) is 7.26. The fourth-order valence-corrected chi connectivity index (χ4v) is 2.06. The Morgan fingerprint density at radius 2 is 2.00 bits per heavy atom. The van der Waals surface area contributed by atoms with Crippen LogP contribution in [0.15, 0.2) is 51.6 Å². The Labute approximate surface area is 130 Å². The van der Waals surface area contributed by atoms with Gasteiger partial charge in [0.15, 0.2) is 4.67 Å². The molecule has 0 aliphatic rings. The van der Waals surface area contributed by atoms with E-state index in [9.17, 15) is 4.79 Å². The van der Waals surface area contributed by atoms with E-state index in [1.165, 1.54) is 6.08 Å². The van der Waals surface area contributed by atoms with Gasteiger partial charge in [0.2, 0.25) is 5.91 Å². The summed E-state index contributed by atoms with van der Waals surface area (Å²) in [6, 6.07) is 11.1. The van der Waals surface area contributed by atoms with Crippen molar-refractivity contribution >= 4 is 39.5 Å². The fraction of sp³-hybridized carbons (Fsp3) is 0.133. The summed E-state index contributed by atoms with van der Waals surface area (Å²) in [7, 11) is 0. The van der Waals surface area contributed by atoms with Crippen LogP contribution in [0.5, 0.6) is 0 Å². The lowest BCUT2D eigenvalue weighted by molar-refractivity contribution is -0.116. The summed E-state index contributed by atoms with van der Waals surface area (Å²) in [4.78, 5) is 11.6. The lowest BCUT2D eigenvalue weighted by atomic mass is 10.1. The molecule has 104 valence electrons. The first kappa shape index (κ1) is 14.9. The third kappa shape index (κ3) is 4.87. The van der Waals surface area contributed by atoms with E-state index in [0.717, 1.165) is 12.0 Å². The SMILES string of the molecule is O=C(C=Cc1ccc(Br)o1)NCCc1ccc(Cl)cc1. The largest absolute Gasteiger partial charge is 0.450 e. The van der Waals surface area contributed by atoms with E-state index in [2.05, 4.69) is 21.2 Å².